The van der Waals surface area contributed by atoms with Gasteiger partial charge < -0.3 is 20.1 Å². The lowest BCUT2D eigenvalue weighted by Gasteiger charge is -2.43. The molecule has 5 nitrogen and oxygen atoms in total. The summed E-state index contributed by atoms with van der Waals surface area (Å²) in [6.45, 7) is 7.89. The van der Waals surface area contributed by atoms with E-state index >= 15 is 0 Å². The van der Waals surface area contributed by atoms with Crippen LogP contribution in [0, 0.1) is 17.3 Å². The number of aliphatic hydroxyl groups is 2. The molecule has 0 aromatic heterocycles. The maximum Gasteiger partial charge on any atom is 0.338 e. The molecule has 1 aromatic carbocycles. The monoisotopic (exact) mass is 374 g/mol. The van der Waals surface area contributed by atoms with E-state index in [9.17, 15) is 20.1 Å². The van der Waals surface area contributed by atoms with Gasteiger partial charge in [0.1, 0.15) is 11.9 Å². The number of ether oxygens (including phenoxy) is 1. The summed E-state index contributed by atoms with van der Waals surface area (Å²) in [5, 5.41) is 31.5. The Hall–Kier alpha value is -1.85. The lowest BCUT2D eigenvalue weighted by molar-refractivity contribution is -0.104. The largest absolute Gasteiger partial charge is 0.508 e. The predicted molar refractivity (Wildman–Crippen MR) is 102 cm³/mol. The van der Waals surface area contributed by atoms with Gasteiger partial charge in [-0.3, -0.25) is 0 Å². The Morgan fingerprint density at radius 2 is 1.85 bits per heavy atom. The first-order chi connectivity index (χ1) is 12.6. The summed E-state index contributed by atoms with van der Waals surface area (Å²) in [6.07, 6.45) is 2.52. The number of fused-ring (bicyclic) bond motifs is 1. The Balaban J connectivity index is 1.98. The minimum atomic E-state index is -0.963. The molecule has 0 bridgehead atoms. The average Bonchev–Trinajstić information content (AvgIpc) is 2.81. The third kappa shape index (κ3) is 3.50. The minimum absolute atomic E-state index is 0.00292. The molecule has 148 valence electrons. The number of esters is 1. The van der Waals surface area contributed by atoms with Crippen LogP contribution in [0.1, 0.15) is 57.3 Å². The van der Waals surface area contributed by atoms with Gasteiger partial charge >= 0.3 is 5.97 Å². The Kier molecular flexibility index (Phi) is 5.12. The summed E-state index contributed by atoms with van der Waals surface area (Å²) in [5.41, 5.74) is -0.182. The van der Waals surface area contributed by atoms with Gasteiger partial charge in [-0.05, 0) is 73.4 Å². The first-order valence-electron chi connectivity index (χ1n) is 9.65. The Bertz CT molecular complexity index is 738. The summed E-state index contributed by atoms with van der Waals surface area (Å²) in [5.74, 6) is -0.709. The van der Waals surface area contributed by atoms with Crippen LogP contribution in [0.15, 0.2) is 35.9 Å². The van der Waals surface area contributed by atoms with Gasteiger partial charge in [0.2, 0.25) is 0 Å². The molecule has 27 heavy (non-hydrogen) atoms. The molecule has 3 rings (SSSR count). The lowest BCUT2D eigenvalue weighted by atomic mass is 9.67. The quantitative estimate of drug-likeness (QED) is 0.557. The van der Waals surface area contributed by atoms with Crippen LogP contribution in [0.3, 0.4) is 0 Å². The Morgan fingerprint density at radius 3 is 2.44 bits per heavy atom. The fourth-order valence-electron chi connectivity index (χ4n) is 4.92. The summed E-state index contributed by atoms with van der Waals surface area (Å²) >= 11 is 0. The summed E-state index contributed by atoms with van der Waals surface area (Å²) in [4.78, 5) is 12.7. The molecule has 2 aliphatic carbocycles. The molecule has 0 heterocycles. The molecule has 3 N–H and O–H groups in total. The van der Waals surface area contributed by atoms with Gasteiger partial charge in [-0.2, -0.15) is 0 Å². The lowest BCUT2D eigenvalue weighted by Crippen LogP contribution is -2.50. The van der Waals surface area contributed by atoms with Gasteiger partial charge in [-0.25, -0.2) is 4.79 Å². The van der Waals surface area contributed by atoms with E-state index in [1.54, 1.807) is 6.08 Å². The second kappa shape index (κ2) is 6.95. The standard InChI is InChI=1S/C22H30O5/c1-13(2)22(26)10-9-21(4)12-17(24)14(3)11-18(19(21)22)27-20(25)15-5-7-16(23)8-6-15/h5-8,11,13,17-19,23-24,26H,9-10,12H2,1-4H3/t17-,18-,19?,21+,22+/m0/s1. The van der Waals surface area contributed by atoms with Crippen LogP contribution in [0.4, 0.5) is 0 Å². The fraction of sp³-hybridized carbons (Fsp3) is 0.591. The van der Waals surface area contributed by atoms with E-state index in [2.05, 4.69) is 6.92 Å². The van der Waals surface area contributed by atoms with Crippen molar-refractivity contribution in [2.75, 3.05) is 0 Å². The highest BCUT2D eigenvalue weighted by Gasteiger charge is 2.60. The van der Waals surface area contributed by atoms with Crippen LogP contribution in [-0.4, -0.2) is 39.1 Å². The number of carbonyl (C=O) groups is 1. The highest BCUT2D eigenvalue weighted by Crippen LogP contribution is 2.58. The number of phenols is 1. The molecule has 5 heteroatoms. The Labute approximate surface area is 160 Å². The molecule has 1 saturated carbocycles. The van der Waals surface area contributed by atoms with Gasteiger partial charge in [-0.15, -0.1) is 0 Å². The third-order valence-corrected chi connectivity index (χ3v) is 6.67. The summed E-state index contributed by atoms with van der Waals surface area (Å²) in [7, 11) is 0. The van der Waals surface area contributed by atoms with Crippen LogP contribution in [0.2, 0.25) is 0 Å². The van der Waals surface area contributed by atoms with Gasteiger partial charge in [0, 0.05) is 5.92 Å². The Morgan fingerprint density at radius 1 is 1.22 bits per heavy atom. The second-order valence-electron chi connectivity index (χ2n) is 8.83. The number of phenolic OH excluding ortho intramolecular Hbond substituents is 1. The molecule has 1 unspecified atom stereocenters. The minimum Gasteiger partial charge on any atom is -0.508 e. The van der Waals surface area contributed by atoms with Gasteiger partial charge in [0.15, 0.2) is 0 Å². The van der Waals surface area contributed by atoms with E-state index in [0.717, 1.165) is 12.0 Å². The maximum absolute atomic E-state index is 12.7. The van der Waals surface area contributed by atoms with Crippen LogP contribution >= 0.6 is 0 Å². The van der Waals surface area contributed by atoms with Gasteiger partial charge in [-0.1, -0.05) is 20.8 Å². The number of carbonyl (C=O) groups excluding carboxylic acids is 1. The van der Waals surface area contributed by atoms with E-state index in [0.29, 0.717) is 18.4 Å². The number of rotatable bonds is 3. The molecule has 5 atom stereocenters. The van der Waals surface area contributed by atoms with Gasteiger partial charge in [0.05, 0.1) is 17.3 Å². The molecular formula is C22H30O5. The zero-order chi connectivity index (χ0) is 20.0. The number of hydrogen-bond donors (Lipinski definition) is 3. The topological polar surface area (TPSA) is 87.0 Å². The predicted octanol–water partition coefficient (Wildman–Crippen LogP) is 3.43. The number of aliphatic hydroxyl groups excluding tert-OH is 1. The van der Waals surface area contributed by atoms with Crippen molar-refractivity contribution in [3.05, 3.63) is 41.5 Å². The molecule has 0 spiro atoms. The first-order valence-corrected chi connectivity index (χ1v) is 9.65. The fourth-order valence-corrected chi connectivity index (χ4v) is 4.92. The van der Waals surface area contributed by atoms with Crippen LogP contribution in [-0.2, 0) is 4.74 Å². The second-order valence-corrected chi connectivity index (χ2v) is 8.83. The average molecular weight is 374 g/mol. The van der Waals surface area contributed by atoms with Crippen molar-refractivity contribution in [2.45, 2.75) is 64.8 Å². The molecule has 0 saturated heterocycles. The van der Waals surface area contributed by atoms with Crippen LogP contribution in [0.5, 0.6) is 5.75 Å². The SMILES string of the molecule is CC1=C[C@H](OC(=O)c2ccc(O)cc2)C2[C@](C)(CC[C@@]2(O)C(C)C)C[C@@H]1O. The summed E-state index contributed by atoms with van der Waals surface area (Å²) < 4.78 is 5.87. The van der Waals surface area contributed by atoms with E-state index in [1.807, 2.05) is 20.8 Å². The normalized spacial score (nSPS) is 36.1. The van der Waals surface area contributed by atoms with Crippen molar-refractivity contribution < 1.29 is 24.9 Å². The van der Waals surface area contributed by atoms with Crippen LogP contribution < -0.4 is 0 Å². The number of aromatic hydroxyl groups is 1. The van der Waals surface area contributed by atoms with Crippen molar-refractivity contribution in [2.24, 2.45) is 17.3 Å². The maximum atomic E-state index is 12.7. The molecule has 2 aliphatic rings. The number of hydrogen-bond acceptors (Lipinski definition) is 5. The molecule has 0 aliphatic heterocycles. The smallest absolute Gasteiger partial charge is 0.338 e. The van der Waals surface area contributed by atoms with E-state index in [-0.39, 0.29) is 23.0 Å². The van der Waals surface area contributed by atoms with Crippen molar-refractivity contribution >= 4 is 5.97 Å². The molecule has 0 amide bonds. The van der Waals surface area contributed by atoms with Crippen LogP contribution in [0.25, 0.3) is 0 Å². The van der Waals surface area contributed by atoms with Crippen molar-refractivity contribution in [3.63, 3.8) is 0 Å². The van der Waals surface area contributed by atoms with Crippen molar-refractivity contribution in [1.82, 2.24) is 0 Å². The molecule has 0 radical (unpaired) electrons. The van der Waals surface area contributed by atoms with Crippen molar-refractivity contribution in [1.29, 1.82) is 0 Å². The van der Waals surface area contributed by atoms with E-state index in [4.69, 9.17) is 4.74 Å². The highest BCUT2D eigenvalue weighted by atomic mass is 16.5. The molecular weight excluding hydrogens is 344 g/mol. The summed E-state index contributed by atoms with van der Waals surface area (Å²) in [6, 6.07) is 5.92. The molecule has 1 aromatic rings. The van der Waals surface area contributed by atoms with E-state index < -0.39 is 23.8 Å². The third-order valence-electron chi connectivity index (χ3n) is 6.67. The first kappa shape index (κ1) is 19.9. The molecule has 1 fully saturated rings. The number of benzene rings is 1. The van der Waals surface area contributed by atoms with Gasteiger partial charge in [0.25, 0.3) is 0 Å². The zero-order valence-corrected chi connectivity index (χ0v) is 16.5. The highest BCUT2D eigenvalue weighted by molar-refractivity contribution is 5.89. The van der Waals surface area contributed by atoms with Crippen molar-refractivity contribution in [3.8, 4) is 5.75 Å². The van der Waals surface area contributed by atoms with E-state index in [1.165, 1.54) is 24.3 Å². The zero-order valence-electron chi connectivity index (χ0n) is 16.5.